The average Bonchev–Trinajstić information content (AvgIpc) is 2.73. The number of hydrogen-bond donors (Lipinski definition) is 0. The van der Waals surface area contributed by atoms with Gasteiger partial charge < -0.3 is 4.57 Å². The van der Waals surface area contributed by atoms with Crippen LogP contribution in [0.2, 0.25) is 0 Å². The summed E-state index contributed by atoms with van der Waals surface area (Å²) < 4.78 is 53.7. The summed E-state index contributed by atoms with van der Waals surface area (Å²) in [6, 6.07) is 0.827. The first-order chi connectivity index (χ1) is 9.20. The van der Waals surface area contributed by atoms with Crippen molar-refractivity contribution in [3.05, 3.63) is 34.4 Å². The summed E-state index contributed by atoms with van der Waals surface area (Å²) in [6.07, 6.45) is -2.41. The van der Waals surface area contributed by atoms with Crippen LogP contribution in [0.3, 0.4) is 0 Å². The van der Waals surface area contributed by atoms with Gasteiger partial charge in [-0.3, -0.25) is 0 Å². The maximum atomic E-state index is 13.9. The van der Waals surface area contributed by atoms with Crippen LogP contribution < -0.4 is 0 Å². The highest BCUT2D eigenvalue weighted by atomic mass is 79.9. The fourth-order valence-corrected chi connectivity index (χ4v) is 1.98. The Morgan fingerprint density at radius 2 is 1.95 bits per heavy atom. The molecule has 0 spiro atoms. The first-order valence-corrected chi connectivity index (χ1v) is 6.47. The molecule has 0 aromatic carbocycles. The van der Waals surface area contributed by atoms with Crippen LogP contribution in [0.1, 0.15) is 25.6 Å². The third kappa shape index (κ3) is 2.84. The monoisotopic (exact) mass is 351 g/mol. The number of hydrogen-bond acceptors (Lipinski definition) is 2. The maximum absolute atomic E-state index is 13.9. The van der Waals surface area contributed by atoms with E-state index in [2.05, 4.69) is 25.9 Å². The van der Waals surface area contributed by atoms with Crippen molar-refractivity contribution in [1.29, 1.82) is 0 Å². The Morgan fingerprint density at radius 1 is 1.30 bits per heavy atom. The van der Waals surface area contributed by atoms with E-state index in [1.807, 2.05) is 0 Å². The number of aromatic nitrogens is 3. The van der Waals surface area contributed by atoms with Crippen molar-refractivity contribution in [2.24, 2.45) is 0 Å². The summed E-state index contributed by atoms with van der Waals surface area (Å²) in [6.45, 7) is 3.37. The van der Waals surface area contributed by atoms with Gasteiger partial charge in [0.1, 0.15) is 5.69 Å². The van der Waals surface area contributed by atoms with E-state index in [0.29, 0.717) is 4.47 Å². The van der Waals surface area contributed by atoms with Crippen molar-refractivity contribution >= 4 is 15.9 Å². The van der Waals surface area contributed by atoms with Gasteiger partial charge in [0.2, 0.25) is 0 Å². The van der Waals surface area contributed by atoms with E-state index in [4.69, 9.17) is 0 Å². The van der Waals surface area contributed by atoms with Gasteiger partial charge in [-0.2, -0.15) is 13.2 Å². The minimum Gasteiger partial charge on any atom is -0.326 e. The van der Waals surface area contributed by atoms with Crippen LogP contribution >= 0.6 is 15.9 Å². The molecule has 0 aliphatic rings. The van der Waals surface area contributed by atoms with Crippen LogP contribution in [-0.2, 0) is 6.18 Å². The molecule has 8 heteroatoms. The van der Waals surface area contributed by atoms with E-state index in [1.165, 1.54) is 10.8 Å². The molecular formula is C12H10BrF4N3. The van der Waals surface area contributed by atoms with E-state index in [-0.39, 0.29) is 17.6 Å². The van der Waals surface area contributed by atoms with Gasteiger partial charge in [0.25, 0.3) is 0 Å². The molecule has 0 aliphatic carbocycles. The molecule has 0 radical (unpaired) electrons. The van der Waals surface area contributed by atoms with Crippen LogP contribution in [0.5, 0.6) is 0 Å². The highest BCUT2D eigenvalue weighted by Crippen LogP contribution is 2.32. The van der Waals surface area contributed by atoms with Crippen molar-refractivity contribution in [3.63, 3.8) is 0 Å². The van der Waals surface area contributed by atoms with Gasteiger partial charge in [0.15, 0.2) is 17.3 Å². The first-order valence-electron chi connectivity index (χ1n) is 5.67. The molecule has 0 amide bonds. The first kappa shape index (κ1) is 15.0. The summed E-state index contributed by atoms with van der Waals surface area (Å²) in [5, 5.41) is 0. The zero-order chi connectivity index (χ0) is 15.1. The lowest BCUT2D eigenvalue weighted by Gasteiger charge is -2.11. The summed E-state index contributed by atoms with van der Waals surface area (Å²) in [7, 11) is 0. The number of alkyl halides is 3. The second-order valence-corrected chi connectivity index (χ2v) is 5.35. The second kappa shape index (κ2) is 5.16. The molecule has 20 heavy (non-hydrogen) atoms. The Balaban J connectivity index is 2.63. The predicted molar refractivity (Wildman–Crippen MR) is 68.5 cm³/mol. The summed E-state index contributed by atoms with van der Waals surface area (Å²) in [5.74, 6) is -0.877. The molecule has 0 N–H and O–H groups in total. The third-order valence-corrected chi connectivity index (χ3v) is 3.03. The smallest absolute Gasteiger partial charge is 0.326 e. The quantitative estimate of drug-likeness (QED) is 0.748. The van der Waals surface area contributed by atoms with Crippen molar-refractivity contribution in [3.8, 4) is 11.5 Å². The number of pyridine rings is 1. The number of imidazole rings is 1. The zero-order valence-electron chi connectivity index (χ0n) is 10.5. The lowest BCUT2D eigenvalue weighted by atomic mass is 10.3. The van der Waals surface area contributed by atoms with E-state index >= 15 is 0 Å². The second-order valence-electron chi connectivity index (χ2n) is 4.43. The molecule has 2 heterocycles. The van der Waals surface area contributed by atoms with Crippen molar-refractivity contribution in [2.45, 2.75) is 26.1 Å². The Bertz CT molecular complexity index is 634. The SMILES string of the molecule is CC(C)n1cc(C(F)(F)F)nc1-c1ncc(Br)cc1F. The molecule has 0 fully saturated rings. The van der Waals surface area contributed by atoms with Gasteiger partial charge in [-0.15, -0.1) is 0 Å². The summed E-state index contributed by atoms with van der Waals surface area (Å²) in [5.41, 5.74) is -1.28. The molecule has 0 unspecified atom stereocenters. The molecule has 0 atom stereocenters. The molecule has 0 aliphatic heterocycles. The molecular weight excluding hydrogens is 342 g/mol. The lowest BCUT2D eigenvalue weighted by molar-refractivity contribution is -0.140. The van der Waals surface area contributed by atoms with E-state index in [9.17, 15) is 17.6 Å². The summed E-state index contributed by atoms with van der Waals surface area (Å²) in [4.78, 5) is 7.30. The minimum atomic E-state index is -4.58. The predicted octanol–water partition coefficient (Wildman–Crippen LogP) is 4.45. The van der Waals surface area contributed by atoms with Crippen LogP contribution in [0.25, 0.3) is 11.5 Å². The van der Waals surface area contributed by atoms with Crippen LogP contribution in [0.4, 0.5) is 17.6 Å². The number of halogens is 5. The van der Waals surface area contributed by atoms with Gasteiger partial charge in [0.05, 0.1) is 0 Å². The van der Waals surface area contributed by atoms with Crippen molar-refractivity contribution in [1.82, 2.24) is 14.5 Å². The zero-order valence-corrected chi connectivity index (χ0v) is 12.1. The molecule has 2 aromatic rings. The van der Waals surface area contributed by atoms with Crippen molar-refractivity contribution < 1.29 is 17.6 Å². The van der Waals surface area contributed by atoms with Gasteiger partial charge in [-0.25, -0.2) is 14.4 Å². The van der Waals surface area contributed by atoms with Gasteiger partial charge in [-0.1, -0.05) is 0 Å². The fourth-order valence-electron chi connectivity index (χ4n) is 1.68. The van der Waals surface area contributed by atoms with Gasteiger partial charge >= 0.3 is 6.18 Å². The van der Waals surface area contributed by atoms with Crippen molar-refractivity contribution in [2.75, 3.05) is 0 Å². The standard InChI is InChI=1S/C12H10BrF4N3/c1-6(2)20-5-9(12(15,16)17)19-11(20)10-8(14)3-7(13)4-18-10/h3-6H,1-2H3. The lowest BCUT2D eigenvalue weighted by Crippen LogP contribution is -2.05. The average molecular weight is 352 g/mol. The Labute approximate surface area is 120 Å². The van der Waals surface area contributed by atoms with E-state index < -0.39 is 17.7 Å². The normalized spacial score (nSPS) is 12.2. The topological polar surface area (TPSA) is 30.7 Å². The van der Waals surface area contributed by atoms with Gasteiger partial charge in [0, 0.05) is 22.9 Å². The highest BCUT2D eigenvalue weighted by Gasteiger charge is 2.35. The Kier molecular flexibility index (Phi) is 3.86. The molecule has 3 nitrogen and oxygen atoms in total. The van der Waals surface area contributed by atoms with Crippen LogP contribution in [-0.4, -0.2) is 14.5 Å². The molecule has 2 rings (SSSR count). The van der Waals surface area contributed by atoms with Crippen LogP contribution in [0, 0.1) is 5.82 Å². The Morgan fingerprint density at radius 3 is 2.45 bits per heavy atom. The summed E-state index contributed by atoms with van der Waals surface area (Å²) >= 11 is 3.04. The molecule has 0 bridgehead atoms. The van der Waals surface area contributed by atoms with E-state index in [0.717, 1.165) is 12.3 Å². The van der Waals surface area contributed by atoms with E-state index in [1.54, 1.807) is 13.8 Å². The number of nitrogens with zero attached hydrogens (tertiary/aromatic N) is 3. The number of rotatable bonds is 2. The van der Waals surface area contributed by atoms with Crippen LogP contribution in [0.15, 0.2) is 22.9 Å². The minimum absolute atomic E-state index is 0.141. The molecule has 0 saturated heterocycles. The Hall–Kier alpha value is -1.44. The maximum Gasteiger partial charge on any atom is 0.434 e. The largest absolute Gasteiger partial charge is 0.434 e. The molecule has 0 saturated carbocycles. The fraction of sp³-hybridized carbons (Fsp3) is 0.333. The molecule has 2 aromatic heterocycles. The third-order valence-electron chi connectivity index (χ3n) is 2.60. The van der Waals surface area contributed by atoms with Gasteiger partial charge in [-0.05, 0) is 35.8 Å². The highest BCUT2D eigenvalue weighted by molar-refractivity contribution is 9.10. The molecule has 108 valence electrons.